The second-order valence-corrected chi connectivity index (χ2v) is 7.21. The van der Waals surface area contributed by atoms with E-state index >= 15 is 0 Å². The molecule has 0 unspecified atom stereocenters. The highest BCUT2D eigenvalue weighted by Gasteiger charge is 2.38. The van der Waals surface area contributed by atoms with E-state index in [1.54, 1.807) is 24.1 Å². The minimum Gasteiger partial charge on any atom is -0.351 e. The van der Waals surface area contributed by atoms with Gasteiger partial charge in [-0.25, -0.2) is 14.4 Å². The Morgan fingerprint density at radius 3 is 2.58 bits per heavy atom. The first-order valence-corrected chi connectivity index (χ1v) is 8.97. The number of rotatable bonds is 5. The maximum absolute atomic E-state index is 14.4. The van der Waals surface area contributed by atoms with Crippen molar-refractivity contribution in [2.75, 3.05) is 25.5 Å². The Balaban J connectivity index is 1.78. The van der Waals surface area contributed by atoms with Gasteiger partial charge in [-0.15, -0.1) is 0 Å². The Morgan fingerprint density at radius 2 is 1.96 bits per heavy atom. The third-order valence-corrected chi connectivity index (χ3v) is 5.20. The van der Waals surface area contributed by atoms with E-state index in [2.05, 4.69) is 15.3 Å². The van der Waals surface area contributed by atoms with E-state index in [-0.39, 0.29) is 17.1 Å². The van der Waals surface area contributed by atoms with Gasteiger partial charge < -0.3 is 10.2 Å². The number of carbonyl (C=O) groups excluding carboxylic acids is 1. The Hall–Kier alpha value is -2.50. The minimum absolute atomic E-state index is 0.196. The van der Waals surface area contributed by atoms with Crippen molar-refractivity contribution in [3.63, 3.8) is 0 Å². The van der Waals surface area contributed by atoms with Crippen molar-refractivity contribution in [3.05, 3.63) is 53.1 Å². The number of aromatic nitrogens is 2. The molecule has 1 N–H and O–H groups in total. The molecule has 1 aliphatic carbocycles. The van der Waals surface area contributed by atoms with E-state index in [0.29, 0.717) is 29.3 Å². The molecule has 0 radical (unpaired) electrons. The lowest BCUT2D eigenvalue weighted by atomic mass is 9.78. The van der Waals surface area contributed by atoms with E-state index in [9.17, 15) is 9.18 Å². The van der Waals surface area contributed by atoms with Gasteiger partial charge in [-0.3, -0.25) is 4.79 Å². The number of nitrogens with one attached hydrogen (secondary N) is 1. The fourth-order valence-corrected chi connectivity index (χ4v) is 3.72. The van der Waals surface area contributed by atoms with Gasteiger partial charge in [0, 0.05) is 32.3 Å². The van der Waals surface area contributed by atoms with E-state index in [1.165, 1.54) is 6.07 Å². The molecule has 138 valence electrons. The van der Waals surface area contributed by atoms with Crippen LogP contribution in [0.15, 0.2) is 30.5 Å². The Labute approximate surface area is 153 Å². The van der Waals surface area contributed by atoms with Crippen molar-refractivity contribution in [2.24, 2.45) is 0 Å². The third-order valence-electron chi connectivity index (χ3n) is 5.20. The molecule has 3 rings (SSSR count). The van der Waals surface area contributed by atoms with Crippen molar-refractivity contribution in [2.45, 2.75) is 38.0 Å². The molecule has 0 spiro atoms. The summed E-state index contributed by atoms with van der Waals surface area (Å²) in [4.78, 5) is 23.0. The molecule has 2 aromatic rings. The summed E-state index contributed by atoms with van der Waals surface area (Å²) in [6, 6.07) is 6.90. The molecule has 1 amide bonds. The number of nitrogens with zero attached hydrogens (tertiary/aromatic N) is 3. The monoisotopic (exact) mass is 356 g/mol. The topological polar surface area (TPSA) is 58.1 Å². The fourth-order valence-electron chi connectivity index (χ4n) is 3.72. The predicted octanol–water partition coefficient (Wildman–Crippen LogP) is 3.23. The number of benzene rings is 1. The molecule has 0 bridgehead atoms. The van der Waals surface area contributed by atoms with E-state index < -0.39 is 0 Å². The summed E-state index contributed by atoms with van der Waals surface area (Å²) in [7, 11) is 3.71. The molecule has 1 aliphatic rings. The van der Waals surface area contributed by atoms with Crippen LogP contribution in [0.2, 0.25) is 0 Å². The van der Waals surface area contributed by atoms with Crippen LogP contribution in [-0.4, -0.2) is 36.5 Å². The summed E-state index contributed by atoms with van der Waals surface area (Å²) in [5, 5.41) is 3.00. The zero-order valence-corrected chi connectivity index (χ0v) is 15.6. The molecule has 1 saturated carbocycles. The molecule has 1 aromatic heterocycles. The van der Waals surface area contributed by atoms with Crippen LogP contribution >= 0.6 is 0 Å². The highest BCUT2D eigenvalue weighted by atomic mass is 19.1. The lowest BCUT2D eigenvalue weighted by molar-refractivity contribution is 0.0941. The van der Waals surface area contributed by atoms with E-state index in [1.807, 2.05) is 26.2 Å². The Morgan fingerprint density at radius 1 is 1.27 bits per heavy atom. The number of hydrogen-bond acceptors (Lipinski definition) is 4. The summed E-state index contributed by atoms with van der Waals surface area (Å²) in [6.07, 6.45) is 5.40. The van der Waals surface area contributed by atoms with Crippen molar-refractivity contribution >= 4 is 11.9 Å². The molecule has 0 saturated heterocycles. The van der Waals surface area contributed by atoms with Gasteiger partial charge in [-0.2, -0.15) is 0 Å². The van der Waals surface area contributed by atoms with Crippen LogP contribution in [0.5, 0.6) is 0 Å². The molecule has 1 aromatic carbocycles. The summed E-state index contributed by atoms with van der Waals surface area (Å²) < 4.78 is 14.4. The van der Waals surface area contributed by atoms with Crippen LogP contribution in [-0.2, 0) is 5.41 Å². The van der Waals surface area contributed by atoms with Crippen LogP contribution in [0.3, 0.4) is 0 Å². The van der Waals surface area contributed by atoms with Crippen LogP contribution in [0.4, 0.5) is 10.3 Å². The first kappa shape index (κ1) is 18.3. The van der Waals surface area contributed by atoms with Crippen molar-refractivity contribution in [3.8, 4) is 0 Å². The average molecular weight is 356 g/mol. The molecule has 6 heteroatoms. The molecule has 1 heterocycles. The van der Waals surface area contributed by atoms with Gasteiger partial charge in [-0.05, 0) is 31.4 Å². The van der Waals surface area contributed by atoms with E-state index in [4.69, 9.17) is 0 Å². The number of hydrogen-bond donors (Lipinski definition) is 1. The molecule has 5 nitrogen and oxygen atoms in total. The zero-order valence-electron chi connectivity index (χ0n) is 15.6. The van der Waals surface area contributed by atoms with Gasteiger partial charge in [0.2, 0.25) is 5.95 Å². The summed E-state index contributed by atoms with van der Waals surface area (Å²) >= 11 is 0. The highest BCUT2D eigenvalue weighted by molar-refractivity contribution is 5.95. The van der Waals surface area contributed by atoms with Gasteiger partial charge in [0.05, 0.1) is 11.3 Å². The maximum Gasteiger partial charge on any atom is 0.254 e. The fraction of sp³-hybridized carbons (Fsp3) is 0.450. The van der Waals surface area contributed by atoms with Crippen LogP contribution in [0, 0.1) is 12.7 Å². The predicted molar refractivity (Wildman–Crippen MR) is 100.0 cm³/mol. The summed E-state index contributed by atoms with van der Waals surface area (Å²) in [5.41, 5.74) is 1.46. The molecular formula is C20H25FN4O. The van der Waals surface area contributed by atoms with Gasteiger partial charge in [0.15, 0.2) is 0 Å². The van der Waals surface area contributed by atoms with Gasteiger partial charge in [0.1, 0.15) is 5.82 Å². The van der Waals surface area contributed by atoms with Crippen LogP contribution in [0.1, 0.15) is 47.3 Å². The van der Waals surface area contributed by atoms with Gasteiger partial charge in [-0.1, -0.05) is 31.0 Å². The van der Waals surface area contributed by atoms with Crippen molar-refractivity contribution in [1.82, 2.24) is 15.3 Å². The van der Waals surface area contributed by atoms with Crippen molar-refractivity contribution < 1.29 is 9.18 Å². The maximum atomic E-state index is 14.4. The number of halogens is 1. The largest absolute Gasteiger partial charge is 0.351 e. The second-order valence-electron chi connectivity index (χ2n) is 7.21. The second kappa shape index (κ2) is 7.40. The first-order chi connectivity index (χ1) is 12.4. The highest BCUT2D eigenvalue weighted by Crippen LogP contribution is 2.41. The molecule has 0 aliphatic heterocycles. The lowest BCUT2D eigenvalue weighted by Crippen LogP contribution is -2.40. The normalized spacial score (nSPS) is 15.7. The molecule has 26 heavy (non-hydrogen) atoms. The average Bonchev–Trinajstić information content (AvgIpc) is 3.10. The van der Waals surface area contributed by atoms with Gasteiger partial charge >= 0.3 is 0 Å². The number of aryl methyl sites for hydroxylation is 1. The number of carbonyl (C=O) groups is 1. The number of amides is 1. The molecular weight excluding hydrogens is 331 g/mol. The Kier molecular flexibility index (Phi) is 5.20. The SMILES string of the molecule is Cc1nc(N(C)C)ncc1C(=O)NCC1(c2ccccc2F)CCCC1. The minimum atomic E-state index is -0.334. The summed E-state index contributed by atoms with van der Waals surface area (Å²) in [6.45, 7) is 2.22. The third kappa shape index (κ3) is 3.54. The standard InChI is InChI=1S/C20H25FN4O/c1-14-15(12-22-19(24-14)25(2)3)18(26)23-13-20(10-6-7-11-20)16-8-4-5-9-17(16)21/h4-5,8-9,12H,6-7,10-11,13H2,1-3H3,(H,23,26). The smallest absolute Gasteiger partial charge is 0.254 e. The molecule has 1 fully saturated rings. The first-order valence-electron chi connectivity index (χ1n) is 8.97. The van der Waals surface area contributed by atoms with Crippen LogP contribution < -0.4 is 10.2 Å². The molecule has 0 atom stereocenters. The van der Waals surface area contributed by atoms with Crippen molar-refractivity contribution in [1.29, 1.82) is 0 Å². The summed E-state index contributed by atoms with van der Waals surface area (Å²) in [5.74, 6) is 0.159. The Bertz CT molecular complexity index is 800. The lowest BCUT2D eigenvalue weighted by Gasteiger charge is -2.30. The van der Waals surface area contributed by atoms with Gasteiger partial charge in [0.25, 0.3) is 5.91 Å². The van der Waals surface area contributed by atoms with Crippen LogP contribution in [0.25, 0.3) is 0 Å². The number of anilines is 1. The zero-order chi connectivity index (χ0) is 18.7. The van der Waals surface area contributed by atoms with E-state index in [0.717, 1.165) is 25.7 Å². The quantitative estimate of drug-likeness (QED) is 0.894.